The summed E-state index contributed by atoms with van der Waals surface area (Å²) in [5.41, 5.74) is 4.66. The summed E-state index contributed by atoms with van der Waals surface area (Å²) in [5.74, 6) is 5.56. The molecule has 0 unspecified atom stereocenters. The van der Waals surface area contributed by atoms with Crippen LogP contribution in [0.5, 0.6) is 0 Å². The Morgan fingerprint density at radius 2 is 2.15 bits per heavy atom. The maximum atomic E-state index is 12.8. The van der Waals surface area contributed by atoms with E-state index in [0.717, 1.165) is 25.1 Å². The Bertz CT molecular complexity index is 469. The molecule has 1 aromatic rings. The molecule has 1 fully saturated rings. The van der Waals surface area contributed by atoms with Crippen LogP contribution < -0.4 is 11.3 Å². The van der Waals surface area contributed by atoms with E-state index >= 15 is 0 Å². The van der Waals surface area contributed by atoms with E-state index in [0.29, 0.717) is 17.3 Å². The van der Waals surface area contributed by atoms with Crippen LogP contribution in [0.3, 0.4) is 0 Å². The molecule has 2 rings (SSSR count). The van der Waals surface area contributed by atoms with Crippen molar-refractivity contribution in [1.82, 2.24) is 9.88 Å². The topological polar surface area (TPSA) is 71.2 Å². The van der Waals surface area contributed by atoms with Crippen molar-refractivity contribution < 1.29 is 4.79 Å². The van der Waals surface area contributed by atoms with Crippen molar-refractivity contribution in [1.29, 1.82) is 0 Å². The van der Waals surface area contributed by atoms with Gasteiger partial charge in [0, 0.05) is 24.5 Å². The molecule has 1 saturated carbocycles. The molecule has 0 saturated heterocycles. The SMILES string of the molecule is CCN(C(=O)c1cnc(C)cc1NN)C1CCCCC1. The molecule has 0 atom stereocenters. The van der Waals surface area contributed by atoms with Gasteiger partial charge in [-0.05, 0) is 32.8 Å². The number of nitrogens with two attached hydrogens (primary N) is 1. The third-order valence-corrected chi connectivity index (χ3v) is 4.04. The van der Waals surface area contributed by atoms with Gasteiger partial charge in [-0.1, -0.05) is 19.3 Å². The number of hydrazine groups is 1. The summed E-state index contributed by atoms with van der Waals surface area (Å²) in [5, 5.41) is 0. The van der Waals surface area contributed by atoms with E-state index in [1.54, 1.807) is 6.20 Å². The Labute approximate surface area is 120 Å². The molecule has 0 aromatic carbocycles. The molecule has 1 amide bonds. The number of hydrogen-bond donors (Lipinski definition) is 2. The Kier molecular flexibility index (Phi) is 4.95. The molecule has 0 spiro atoms. The lowest BCUT2D eigenvalue weighted by Gasteiger charge is -2.34. The number of nitrogen functional groups attached to an aromatic ring is 1. The van der Waals surface area contributed by atoms with Crippen molar-refractivity contribution >= 4 is 11.6 Å². The minimum absolute atomic E-state index is 0.0276. The van der Waals surface area contributed by atoms with Crippen molar-refractivity contribution in [3.8, 4) is 0 Å². The van der Waals surface area contributed by atoms with E-state index in [1.807, 2.05) is 24.8 Å². The van der Waals surface area contributed by atoms with Crippen LogP contribution in [0, 0.1) is 6.92 Å². The van der Waals surface area contributed by atoms with E-state index in [1.165, 1.54) is 19.3 Å². The first kappa shape index (κ1) is 14.8. The van der Waals surface area contributed by atoms with Gasteiger partial charge in [0.1, 0.15) is 0 Å². The van der Waals surface area contributed by atoms with Crippen LogP contribution in [-0.4, -0.2) is 28.4 Å². The zero-order valence-corrected chi connectivity index (χ0v) is 12.4. The Morgan fingerprint density at radius 3 is 2.75 bits per heavy atom. The first-order valence-electron chi connectivity index (χ1n) is 7.41. The highest BCUT2D eigenvalue weighted by atomic mass is 16.2. The van der Waals surface area contributed by atoms with Gasteiger partial charge in [-0.3, -0.25) is 15.6 Å². The molecule has 1 heterocycles. The lowest BCUT2D eigenvalue weighted by Crippen LogP contribution is -2.41. The summed E-state index contributed by atoms with van der Waals surface area (Å²) < 4.78 is 0. The number of amides is 1. The molecule has 0 aliphatic heterocycles. The second-order valence-electron chi connectivity index (χ2n) is 5.40. The number of aryl methyl sites for hydroxylation is 1. The van der Waals surface area contributed by atoms with Gasteiger partial charge in [-0.15, -0.1) is 0 Å². The summed E-state index contributed by atoms with van der Waals surface area (Å²) in [7, 11) is 0. The Balaban J connectivity index is 2.23. The fourth-order valence-corrected chi connectivity index (χ4v) is 2.96. The number of hydrogen-bond acceptors (Lipinski definition) is 4. The number of carbonyl (C=O) groups excluding carboxylic acids is 1. The molecule has 20 heavy (non-hydrogen) atoms. The summed E-state index contributed by atoms with van der Waals surface area (Å²) in [6, 6.07) is 2.16. The molecular weight excluding hydrogens is 252 g/mol. The fourth-order valence-electron chi connectivity index (χ4n) is 2.96. The van der Waals surface area contributed by atoms with Crippen LogP contribution in [0.1, 0.15) is 55.1 Å². The molecule has 5 nitrogen and oxygen atoms in total. The molecule has 1 aliphatic rings. The molecular formula is C15H24N4O. The number of rotatable bonds is 4. The molecule has 0 radical (unpaired) electrons. The van der Waals surface area contributed by atoms with Crippen molar-refractivity contribution in [3.63, 3.8) is 0 Å². The number of aromatic nitrogens is 1. The maximum Gasteiger partial charge on any atom is 0.257 e. The highest BCUT2D eigenvalue weighted by molar-refractivity contribution is 5.99. The number of nitrogens with zero attached hydrogens (tertiary/aromatic N) is 2. The van der Waals surface area contributed by atoms with Crippen molar-refractivity contribution in [2.45, 2.75) is 52.0 Å². The minimum atomic E-state index is 0.0276. The first-order chi connectivity index (χ1) is 9.67. The van der Waals surface area contributed by atoms with Gasteiger partial charge in [-0.2, -0.15) is 0 Å². The van der Waals surface area contributed by atoms with Gasteiger partial charge in [0.25, 0.3) is 5.91 Å². The zero-order chi connectivity index (χ0) is 14.5. The van der Waals surface area contributed by atoms with E-state index in [-0.39, 0.29) is 5.91 Å². The summed E-state index contributed by atoms with van der Waals surface area (Å²) >= 11 is 0. The average Bonchev–Trinajstić information content (AvgIpc) is 2.48. The Hall–Kier alpha value is -1.62. The fraction of sp³-hybridized carbons (Fsp3) is 0.600. The van der Waals surface area contributed by atoms with Crippen LogP contribution in [0.15, 0.2) is 12.3 Å². The number of carbonyl (C=O) groups is 1. The van der Waals surface area contributed by atoms with Crippen molar-refractivity contribution in [2.75, 3.05) is 12.0 Å². The standard InChI is InChI=1S/C15H24N4O/c1-3-19(12-7-5-4-6-8-12)15(20)13-10-17-11(2)9-14(13)18-16/h9-10,12H,3-8,16H2,1-2H3,(H,17,18). The van der Waals surface area contributed by atoms with Crippen molar-refractivity contribution in [3.05, 3.63) is 23.5 Å². The maximum absolute atomic E-state index is 12.8. The van der Waals surface area contributed by atoms with Crippen molar-refractivity contribution in [2.24, 2.45) is 5.84 Å². The van der Waals surface area contributed by atoms with E-state index in [9.17, 15) is 4.79 Å². The normalized spacial score (nSPS) is 15.9. The molecule has 1 aromatic heterocycles. The van der Waals surface area contributed by atoms with Crippen LogP contribution in [0.2, 0.25) is 0 Å². The van der Waals surface area contributed by atoms with E-state index in [4.69, 9.17) is 5.84 Å². The van der Waals surface area contributed by atoms with Gasteiger partial charge in [0.15, 0.2) is 0 Å². The summed E-state index contributed by atoms with van der Waals surface area (Å²) in [4.78, 5) is 18.9. The largest absolute Gasteiger partial charge is 0.336 e. The van der Waals surface area contributed by atoms with Crippen LogP contribution >= 0.6 is 0 Å². The molecule has 1 aliphatic carbocycles. The predicted molar refractivity (Wildman–Crippen MR) is 80.4 cm³/mol. The van der Waals surface area contributed by atoms with Gasteiger partial charge < -0.3 is 10.3 Å². The van der Waals surface area contributed by atoms with Crippen LogP contribution in [-0.2, 0) is 0 Å². The predicted octanol–water partition coefficient (Wildman–Crippen LogP) is 2.47. The van der Waals surface area contributed by atoms with Gasteiger partial charge in [0.2, 0.25) is 0 Å². The Morgan fingerprint density at radius 1 is 1.45 bits per heavy atom. The van der Waals surface area contributed by atoms with E-state index < -0.39 is 0 Å². The quantitative estimate of drug-likeness (QED) is 0.654. The lowest BCUT2D eigenvalue weighted by molar-refractivity contribution is 0.0648. The number of nitrogens with one attached hydrogen (secondary N) is 1. The van der Waals surface area contributed by atoms with E-state index in [2.05, 4.69) is 10.4 Å². The highest BCUT2D eigenvalue weighted by Gasteiger charge is 2.26. The smallest absolute Gasteiger partial charge is 0.257 e. The molecule has 3 N–H and O–H groups in total. The van der Waals surface area contributed by atoms with Gasteiger partial charge in [0.05, 0.1) is 11.3 Å². The van der Waals surface area contributed by atoms with Crippen LogP contribution in [0.25, 0.3) is 0 Å². The van der Waals surface area contributed by atoms with Gasteiger partial charge in [-0.25, -0.2) is 0 Å². The second-order valence-corrected chi connectivity index (χ2v) is 5.40. The monoisotopic (exact) mass is 276 g/mol. The minimum Gasteiger partial charge on any atom is -0.336 e. The third-order valence-electron chi connectivity index (χ3n) is 4.04. The summed E-state index contributed by atoms with van der Waals surface area (Å²) in [6.45, 7) is 4.64. The second kappa shape index (κ2) is 6.70. The lowest BCUT2D eigenvalue weighted by atomic mass is 9.93. The summed E-state index contributed by atoms with van der Waals surface area (Å²) in [6.07, 6.45) is 7.53. The van der Waals surface area contributed by atoms with Gasteiger partial charge >= 0.3 is 0 Å². The van der Waals surface area contributed by atoms with Crippen LogP contribution in [0.4, 0.5) is 5.69 Å². The number of pyridine rings is 1. The average molecular weight is 276 g/mol. The molecule has 0 bridgehead atoms. The zero-order valence-electron chi connectivity index (χ0n) is 12.4. The number of anilines is 1. The molecule has 110 valence electrons. The first-order valence-corrected chi connectivity index (χ1v) is 7.41. The molecule has 5 heteroatoms. The third kappa shape index (κ3) is 3.10. The highest BCUT2D eigenvalue weighted by Crippen LogP contribution is 2.25.